The minimum atomic E-state index is 0.0127. The van der Waals surface area contributed by atoms with Crippen LogP contribution in [0, 0.1) is 6.92 Å². The van der Waals surface area contributed by atoms with Gasteiger partial charge in [-0.1, -0.05) is 41.4 Å². The number of benzene rings is 3. The fraction of sp³-hybridized carbons (Fsp3) is 0.259. The Labute approximate surface area is 208 Å². The summed E-state index contributed by atoms with van der Waals surface area (Å²) in [5.41, 5.74) is 3.85. The summed E-state index contributed by atoms with van der Waals surface area (Å²) in [6.07, 6.45) is 1.24. The van der Waals surface area contributed by atoms with Gasteiger partial charge >= 0.3 is 0 Å². The van der Waals surface area contributed by atoms with E-state index in [0.717, 1.165) is 51.8 Å². The minimum absolute atomic E-state index is 0.0127. The van der Waals surface area contributed by atoms with Crippen molar-refractivity contribution in [2.75, 3.05) is 18.1 Å². The molecular weight excluding hydrogens is 469 g/mol. The largest absolute Gasteiger partial charge is 0.494 e. The summed E-state index contributed by atoms with van der Waals surface area (Å²) < 4.78 is 8.19. The van der Waals surface area contributed by atoms with Crippen molar-refractivity contribution < 1.29 is 9.53 Å². The highest BCUT2D eigenvalue weighted by Gasteiger charge is 2.34. The highest BCUT2D eigenvalue weighted by Crippen LogP contribution is 2.34. The molecule has 4 aromatic rings. The van der Waals surface area contributed by atoms with E-state index >= 15 is 0 Å². The van der Waals surface area contributed by atoms with E-state index in [9.17, 15) is 4.79 Å². The third-order valence-corrected chi connectivity index (χ3v) is 6.88. The summed E-state index contributed by atoms with van der Waals surface area (Å²) in [6, 6.07) is 21.3. The van der Waals surface area contributed by atoms with Crippen molar-refractivity contribution in [2.45, 2.75) is 32.2 Å². The van der Waals surface area contributed by atoms with Gasteiger partial charge in [-0.3, -0.25) is 4.79 Å². The molecule has 174 valence electrons. The first kappa shape index (κ1) is 22.8. The monoisotopic (exact) mass is 493 g/mol. The van der Waals surface area contributed by atoms with Gasteiger partial charge < -0.3 is 14.2 Å². The third kappa shape index (κ3) is 4.63. The average Bonchev–Trinajstić information content (AvgIpc) is 3.39. The average molecular weight is 494 g/mol. The molecule has 1 aliphatic heterocycles. The minimum Gasteiger partial charge on any atom is -0.494 e. The molecule has 34 heavy (non-hydrogen) atoms. The summed E-state index contributed by atoms with van der Waals surface area (Å²) >= 11 is 12.3. The summed E-state index contributed by atoms with van der Waals surface area (Å²) in [5.74, 6) is 1.86. The molecule has 2 heterocycles. The fourth-order valence-electron chi connectivity index (χ4n) is 4.53. The van der Waals surface area contributed by atoms with Gasteiger partial charge in [0.1, 0.15) is 11.6 Å². The molecule has 1 aromatic heterocycles. The van der Waals surface area contributed by atoms with Crippen LogP contribution in [0.15, 0.2) is 66.7 Å². The van der Waals surface area contributed by atoms with E-state index < -0.39 is 0 Å². The first-order chi connectivity index (χ1) is 16.5. The molecule has 0 N–H and O–H groups in total. The van der Waals surface area contributed by atoms with Gasteiger partial charge in [-0.15, -0.1) is 0 Å². The fourth-order valence-corrected chi connectivity index (χ4v) is 4.84. The van der Waals surface area contributed by atoms with Gasteiger partial charge in [-0.05, 0) is 67.4 Å². The van der Waals surface area contributed by atoms with Crippen molar-refractivity contribution in [2.24, 2.45) is 0 Å². The lowest BCUT2D eigenvalue weighted by Gasteiger charge is -2.18. The van der Waals surface area contributed by atoms with Crippen LogP contribution in [0.4, 0.5) is 5.69 Å². The molecule has 5 rings (SSSR count). The van der Waals surface area contributed by atoms with Gasteiger partial charge in [0.25, 0.3) is 0 Å². The van der Waals surface area contributed by atoms with Crippen LogP contribution in [0.2, 0.25) is 10.0 Å². The summed E-state index contributed by atoms with van der Waals surface area (Å²) in [5, 5.41) is 1.36. The Morgan fingerprint density at radius 1 is 1.06 bits per heavy atom. The number of aromatic nitrogens is 2. The van der Waals surface area contributed by atoms with Crippen molar-refractivity contribution >= 4 is 45.8 Å². The number of aryl methyl sites for hydroxylation is 2. The second kappa shape index (κ2) is 9.69. The molecule has 0 spiro atoms. The van der Waals surface area contributed by atoms with E-state index in [0.29, 0.717) is 24.6 Å². The molecular formula is C27H25Cl2N3O2. The Morgan fingerprint density at radius 2 is 1.91 bits per heavy atom. The van der Waals surface area contributed by atoms with E-state index in [2.05, 4.69) is 10.6 Å². The zero-order chi connectivity index (χ0) is 23.7. The number of ether oxygens (including phenoxy) is 1. The second-order valence-electron chi connectivity index (χ2n) is 8.61. The molecule has 1 unspecified atom stereocenters. The predicted molar refractivity (Wildman–Crippen MR) is 137 cm³/mol. The molecule has 0 bridgehead atoms. The number of imidazole rings is 1. The summed E-state index contributed by atoms with van der Waals surface area (Å²) in [4.78, 5) is 19.6. The SMILES string of the molecule is Cc1cc(OCCCn2c(C3CC(=O)N(c4cccc(Cl)c4)C3)nc3ccccc32)ccc1Cl. The van der Waals surface area contributed by atoms with Crippen LogP contribution < -0.4 is 9.64 Å². The normalized spacial score (nSPS) is 15.9. The maximum Gasteiger partial charge on any atom is 0.227 e. The first-order valence-electron chi connectivity index (χ1n) is 11.4. The number of carbonyl (C=O) groups is 1. The molecule has 3 aromatic carbocycles. The Balaban J connectivity index is 1.34. The Morgan fingerprint density at radius 3 is 2.74 bits per heavy atom. The van der Waals surface area contributed by atoms with Gasteiger partial charge in [0.15, 0.2) is 0 Å². The standard InChI is InChI=1S/C27H25Cl2N3O2/c1-18-14-22(10-11-23(18)29)34-13-5-12-31-25-9-3-2-8-24(25)30-27(31)19-15-26(33)32(17-19)21-7-4-6-20(28)16-21/h2-4,6-11,14,16,19H,5,12-13,15,17H2,1H3. The number of anilines is 1. The van der Waals surface area contributed by atoms with Crippen molar-refractivity contribution in [3.8, 4) is 5.75 Å². The molecule has 1 fully saturated rings. The maximum absolute atomic E-state index is 12.9. The van der Waals surface area contributed by atoms with Gasteiger partial charge in [-0.2, -0.15) is 0 Å². The summed E-state index contributed by atoms with van der Waals surface area (Å²) in [6.45, 7) is 3.88. The highest BCUT2D eigenvalue weighted by atomic mass is 35.5. The Hall–Kier alpha value is -3.02. The zero-order valence-electron chi connectivity index (χ0n) is 18.9. The van der Waals surface area contributed by atoms with Crippen molar-refractivity contribution in [1.29, 1.82) is 0 Å². The van der Waals surface area contributed by atoms with Gasteiger partial charge in [0.2, 0.25) is 5.91 Å². The molecule has 0 saturated carbocycles. The number of carbonyl (C=O) groups excluding carboxylic acids is 1. The van der Waals surface area contributed by atoms with Crippen molar-refractivity contribution in [3.63, 3.8) is 0 Å². The molecule has 0 radical (unpaired) electrons. The van der Waals surface area contributed by atoms with Crippen molar-refractivity contribution in [1.82, 2.24) is 9.55 Å². The number of fused-ring (bicyclic) bond motifs is 1. The van der Waals surface area contributed by atoms with Gasteiger partial charge in [-0.25, -0.2) is 4.98 Å². The van der Waals surface area contributed by atoms with E-state index in [-0.39, 0.29) is 11.8 Å². The molecule has 0 aliphatic carbocycles. The second-order valence-corrected chi connectivity index (χ2v) is 9.45. The third-order valence-electron chi connectivity index (χ3n) is 6.22. The number of para-hydroxylation sites is 2. The quantitative estimate of drug-likeness (QED) is 0.271. The molecule has 1 aliphatic rings. The van der Waals surface area contributed by atoms with Gasteiger partial charge in [0.05, 0.1) is 17.6 Å². The topological polar surface area (TPSA) is 47.4 Å². The van der Waals surface area contributed by atoms with E-state index in [1.165, 1.54) is 0 Å². The van der Waals surface area contributed by atoms with Crippen LogP contribution in [0.5, 0.6) is 5.75 Å². The van der Waals surface area contributed by atoms with Crippen molar-refractivity contribution in [3.05, 3.63) is 88.2 Å². The molecule has 1 saturated heterocycles. The van der Waals surface area contributed by atoms with E-state index in [1.54, 1.807) is 0 Å². The van der Waals surface area contributed by atoms with Crippen LogP contribution in [0.25, 0.3) is 11.0 Å². The predicted octanol–water partition coefficient (Wildman–Crippen LogP) is 6.64. The van der Waals surface area contributed by atoms with E-state index in [1.807, 2.05) is 72.5 Å². The molecule has 7 heteroatoms. The van der Waals surface area contributed by atoms with Crippen LogP contribution in [-0.4, -0.2) is 28.6 Å². The molecule has 1 atom stereocenters. The Bertz CT molecular complexity index is 1350. The number of hydrogen-bond donors (Lipinski definition) is 0. The van der Waals surface area contributed by atoms with Crippen LogP contribution >= 0.6 is 23.2 Å². The van der Waals surface area contributed by atoms with Crippen LogP contribution in [-0.2, 0) is 11.3 Å². The number of hydrogen-bond acceptors (Lipinski definition) is 3. The zero-order valence-corrected chi connectivity index (χ0v) is 20.4. The molecule has 5 nitrogen and oxygen atoms in total. The maximum atomic E-state index is 12.9. The Kier molecular flexibility index (Phi) is 6.48. The highest BCUT2D eigenvalue weighted by molar-refractivity contribution is 6.31. The smallest absolute Gasteiger partial charge is 0.227 e. The van der Waals surface area contributed by atoms with E-state index in [4.69, 9.17) is 32.9 Å². The lowest BCUT2D eigenvalue weighted by atomic mass is 10.1. The van der Waals surface area contributed by atoms with Crippen LogP contribution in [0.3, 0.4) is 0 Å². The van der Waals surface area contributed by atoms with Crippen LogP contribution in [0.1, 0.15) is 30.1 Å². The van der Waals surface area contributed by atoms with Gasteiger partial charge in [0, 0.05) is 41.2 Å². The summed E-state index contributed by atoms with van der Waals surface area (Å²) in [7, 11) is 0. The first-order valence-corrected chi connectivity index (χ1v) is 12.2. The number of amides is 1. The number of nitrogens with zero attached hydrogens (tertiary/aromatic N) is 3. The lowest BCUT2D eigenvalue weighted by Crippen LogP contribution is -2.24. The number of rotatable bonds is 7. The molecule has 1 amide bonds. The number of halogens is 2. The lowest BCUT2D eigenvalue weighted by molar-refractivity contribution is -0.117.